The highest BCUT2D eigenvalue weighted by atomic mass is 16.5. The second-order valence-electron chi connectivity index (χ2n) is 6.59. The fraction of sp³-hybridized carbons (Fsp3) is 0.579. The molecule has 0 radical (unpaired) electrons. The lowest BCUT2D eigenvalue weighted by atomic mass is 10.1. The van der Waals surface area contributed by atoms with Crippen molar-refractivity contribution in [2.45, 2.75) is 46.8 Å². The van der Waals surface area contributed by atoms with Crippen molar-refractivity contribution < 1.29 is 14.3 Å². The van der Waals surface area contributed by atoms with E-state index in [2.05, 4.69) is 24.1 Å². The molecule has 1 aliphatic heterocycles. The number of carbonyl (C=O) groups excluding carboxylic acids is 2. The summed E-state index contributed by atoms with van der Waals surface area (Å²) in [6.07, 6.45) is -0.119. The fourth-order valence-electron chi connectivity index (χ4n) is 3.24. The minimum Gasteiger partial charge on any atom is -0.372 e. The van der Waals surface area contributed by atoms with Gasteiger partial charge in [0.25, 0.3) is 0 Å². The van der Waals surface area contributed by atoms with E-state index in [0.29, 0.717) is 18.8 Å². The van der Waals surface area contributed by atoms with Crippen molar-refractivity contribution >= 4 is 23.2 Å². The van der Waals surface area contributed by atoms with Gasteiger partial charge in [-0.1, -0.05) is 0 Å². The summed E-state index contributed by atoms with van der Waals surface area (Å²) in [5, 5.41) is 2.75. The number of benzene rings is 1. The Labute approximate surface area is 150 Å². The van der Waals surface area contributed by atoms with E-state index in [1.54, 1.807) is 4.90 Å². The van der Waals surface area contributed by atoms with E-state index in [4.69, 9.17) is 4.74 Å². The van der Waals surface area contributed by atoms with Crippen LogP contribution in [0.25, 0.3) is 0 Å². The molecule has 0 spiro atoms. The van der Waals surface area contributed by atoms with Gasteiger partial charge in [-0.3, -0.25) is 9.59 Å². The van der Waals surface area contributed by atoms with Crippen molar-refractivity contribution in [2.24, 2.45) is 0 Å². The van der Waals surface area contributed by atoms with Crippen LogP contribution in [0.4, 0.5) is 11.4 Å². The van der Waals surface area contributed by atoms with Crippen LogP contribution in [0.1, 0.15) is 33.3 Å². The molecule has 2 amide bonds. The van der Waals surface area contributed by atoms with Crippen LogP contribution >= 0.6 is 0 Å². The summed E-state index contributed by atoms with van der Waals surface area (Å²) >= 11 is 0. The van der Waals surface area contributed by atoms with Crippen molar-refractivity contribution in [2.75, 3.05) is 36.4 Å². The molecule has 25 heavy (non-hydrogen) atoms. The first-order valence-corrected chi connectivity index (χ1v) is 8.97. The number of aryl methyl sites for hydroxylation is 1. The molecule has 2 atom stereocenters. The van der Waals surface area contributed by atoms with Gasteiger partial charge in [0.05, 0.1) is 12.2 Å². The Kier molecular flexibility index (Phi) is 6.42. The van der Waals surface area contributed by atoms with Crippen LogP contribution in [0.3, 0.4) is 0 Å². The molecule has 1 saturated heterocycles. The smallest absolute Gasteiger partial charge is 0.313 e. The molecule has 0 aliphatic carbocycles. The Bertz CT molecular complexity index is 618. The number of hydrogen-bond acceptors (Lipinski definition) is 4. The minimum absolute atomic E-state index is 0.0596. The molecule has 1 heterocycles. The molecule has 1 aromatic rings. The lowest BCUT2D eigenvalue weighted by molar-refractivity contribution is -0.151. The first-order valence-electron chi connectivity index (χ1n) is 8.97. The van der Waals surface area contributed by atoms with Crippen LogP contribution in [0.15, 0.2) is 18.2 Å². The first kappa shape index (κ1) is 19.2. The van der Waals surface area contributed by atoms with Gasteiger partial charge in [0.1, 0.15) is 0 Å². The van der Waals surface area contributed by atoms with Crippen molar-refractivity contribution in [1.82, 2.24) is 4.90 Å². The van der Waals surface area contributed by atoms with Gasteiger partial charge in [-0.2, -0.15) is 0 Å². The molecule has 0 aromatic heterocycles. The number of rotatable bonds is 4. The van der Waals surface area contributed by atoms with Crippen LogP contribution in [0.5, 0.6) is 0 Å². The third-order valence-corrected chi connectivity index (χ3v) is 4.49. The summed E-state index contributed by atoms with van der Waals surface area (Å²) in [6.45, 7) is 12.7. The molecule has 1 fully saturated rings. The van der Waals surface area contributed by atoms with Gasteiger partial charge >= 0.3 is 11.8 Å². The highest BCUT2D eigenvalue weighted by molar-refractivity contribution is 6.39. The number of morpholine rings is 1. The van der Waals surface area contributed by atoms with Gasteiger partial charge in [-0.05, 0) is 58.4 Å². The van der Waals surface area contributed by atoms with E-state index in [-0.39, 0.29) is 12.2 Å². The van der Waals surface area contributed by atoms with E-state index in [9.17, 15) is 9.59 Å². The van der Waals surface area contributed by atoms with E-state index >= 15 is 0 Å². The highest BCUT2D eigenvalue weighted by Gasteiger charge is 2.29. The van der Waals surface area contributed by atoms with Gasteiger partial charge in [0, 0.05) is 37.6 Å². The summed E-state index contributed by atoms with van der Waals surface area (Å²) in [5.41, 5.74) is 2.72. The summed E-state index contributed by atoms with van der Waals surface area (Å²) in [5.74, 6) is -1.10. The zero-order valence-electron chi connectivity index (χ0n) is 15.8. The second-order valence-corrected chi connectivity index (χ2v) is 6.59. The molecule has 2 unspecified atom stereocenters. The second kappa shape index (κ2) is 8.34. The van der Waals surface area contributed by atoms with Gasteiger partial charge in [-0.25, -0.2) is 0 Å². The summed E-state index contributed by atoms with van der Waals surface area (Å²) in [6, 6.07) is 5.86. The van der Waals surface area contributed by atoms with E-state index in [0.717, 1.165) is 24.3 Å². The number of nitrogens with one attached hydrogen (secondary N) is 1. The number of amides is 2. The Morgan fingerprint density at radius 3 is 2.32 bits per heavy atom. The van der Waals surface area contributed by atoms with Crippen LogP contribution < -0.4 is 10.2 Å². The quantitative estimate of drug-likeness (QED) is 0.850. The summed E-state index contributed by atoms with van der Waals surface area (Å²) in [7, 11) is 0. The van der Waals surface area contributed by atoms with Crippen LogP contribution in [0, 0.1) is 6.92 Å². The van der Waals surface area contributed by atoms with Gasteiger partial charge in [0.15, 0.2) is 0 Å². The highest BCUT2D eigenvalue weighted by Crippen LogP contribution is 2.23. The zero-order chi connectivity index (χ0) is 18.6. The van der Waals surface area contributed by atoms with Gasteiger partial charge < -0.3 is 19.9 Å². The molecule has 1 aliphatic rings. The lowest BCUT2D eigenvalue weighted by Gasteiger charge is -2.34. The van der Waals surface area contributed by atoms with Crippen LogP contribution in [-0.2, 0) is 14.3 Å². The largest absolute Gasteiger partial charge is 0.372 e. The van der Waals surface area contributed by atoms with Gasteiger partial charge in [-0.15, -0.1) is 0 Å². The standard InChI is InChI=1S/C19H29N3O3/c1-6-21(7-2)16-8-9-17(13(3)10-16)20-18(23)19(24)22-11-14(4)25-15(5)12-22/h8-10,14-15H,6-7,11-12H2,1-5H3,(H,20,23). The molecule has 6 nitrogen and oxygen atoms in total. The molecule has 1 aromatic carbocycles. The number of anilines is 2. The Morgan fingerprint density at radius 1 is 1.20 bits per heavy atom. The first-order chi connectivity index (χ1) is 11.8. The maximum Gasteiger partial charge on any atom is 0.313 e. The topological polar surface area (TPSA) is 61.9 Å². The average Bonchev–Trinajstić information content (AvgIpc) is 2.56. The SMILES string of the molecule is CCN(CC)c1ccc(NC(=O)C(=O)N2CC(C)OC(C)C2)c(C)c1. The maximum atomic E-state index is 12.4. The van der Waals surface area contributed by atoms with Crippen molar-refractivity contribution in [3.63, 3.8) is 0 Å². The Morgan fingerprint density at radius 2 is 1.80 bits per heavy atom. The lowest BCUT2D eigenvalue weighted by Crippen LogP contribution is -2.51. The predicted molar refractivity (Wildman–Crippen MR) is 100.0 cm³/mol. The molecular weight excluding hydrogens is 318 g/mol. The maximum absolute atomic E-state index is 12.4. The molecule has 6 heteroatoms. The van der Waals surface area contributed by atoms with Crippen LogP contribution in [-0.4, -0.2) is 55.1 Å². The van der Waals surface area contributed by atoms with Crippen molar-refractivity contribution in [1.29, 1.82) is 0 Å². The van der Waals surface area contributed by atoms with E-state index < -0.39 is 11.8 Å². The van der Waals surface area contributed by atoms with Crippen molar-refractivity contribution in [3.8, 4) is 0 Å². The average molecular weight is 347 g/mol. The normalized spacial score (nSPS) is 20.3. The Hall–Kier alpha value is -2.08. The number of nitrogens with zero attached hydrogens (tertiary/aromatic N) is 2. The molecule has 0 bridgehead atoms. The number of ether oxygens (including phenoxy) is 1. The van der Waals surface area contributed by atoms with Crippen molar-refractivity contribution in [3.05, 3.63) is 23.8 Å². The van der Waals surface area contributed by atoms with E-state index in [1.165, 1.54) is 0 Å². The Balaban J connectivity index is 2.06. The van der Waals surface area contributed by atoms with Gasteiger partial charge in [0.2, 0.25) is 0 Å². The zero-order valence-corrected chi connectivity index (χ0v) is 15.8. The number of hydrogen-bond donors (Lipinski definition) is 1. The minimum atomic E-state index is -0.597. The predicted octanol–water partition coefficient (Wildman–Crippen LogP) is 2.42. The molecule has 2 rings (SSSR count). The molecule has 138 valence electrons. The summed E-state index contributed by atoms with van der Waals surface area (Å²) in [4.78, 5) is 28.6. The van der Waals surface area contributed by atoms with Crippen LogP contribution in [0.2, 0.25) is 0 Å². The summed E-state index contributed by atoms with van der Waals surface area (Å²) < 4.78 is 5.61. The van der Waals surface area contributed by atoms with E-state index in [1.807, 2.05) is 39.0 Å². The molecule has 0 saturated carbocycles. The third kappa shape index (κ3) is 4.72. The number of carbonyl (C=O) groups is 2. The monoisotopic (exact) mass is 347 g/mol. The molecular formula is C19H29N3O3. The fourth-order valence-corrected chi connectivity index (χ4v) is 3.24. The molecule has 1 N–H and O–H groups in total. The third-order valence-electron chi connectivity index (χ3n) is 4.49.